The van der Waals surface area contributed by atoms with Crippen LogP contribution in [0.15, 0.2) is 0 Å². The summed E-state index contributed by atoms with van der Waals surface area (Å²) >= 11 is 3.97. The number of aliphatic carboxylic acids is 1. The SMILES string of the molecule is CC(C)COC(=O)CNC(=O)C(CS)NC(=O)CCC(N)C(=O)O. The summed E-state index contributed by atoms with van der Waals surface area (Å²) in [4.78, 5) is 45.6. The maximum atomic E-state index is 11.9. The fraction of sp³-hybridized carbons (Fsp3) is 0.714. The van der Waals surface area contributed by atoms with Crippen LogP contribution in [0.3, 0.4) is 0 Å². The van der Waals surface area contributed by atoms with Crippen molar-refractivity contribution in [3.8, 4) is 0 Å². The van der Waals surface area contributed by atoms with Crippen molar-refractivity contribution in [2.75, 3.05) is 18.9 Å². The Bertz CT molecular complexity index is 458. The minimum Gasteiger partial charge on any atom is -0.480 e. The smallest absolute Gasteiger partial charge is 0.325 e. The molecule has 0 aromatic heterocycles. The van der Waals surface area contributed by atoms with E-state index in [1.54, 1.807) is 0 Å². The second-order valence-electron chi connectivity index (χ2n) is 5.58. The van der Waals surface area contributed by atoms with Crippen LogP contribution in [0.1, 0.15) is 26.7 Å². The summed E-state index contributed by atoms with van der Waals surface area (Å²) < 4.78 is 4.91. The molecule has 0 radical (unpaired) electrons. The number of carboxylic acids is 1. The molecule has 0 fully saturated rings. The van der Waals surface area contributed by atoms with E-state index in [-0.39, 0.29) is 37.7 Å². The van der Waals surface area contributed by atoms with Gasteiger partial charge in [0.05, 0.1) is 6.61 Å². The van der Waals surface area contributed by atoms with Gasteiger partial charge in [0.25, 0.3) is 0 Å². The van der Waals surface area contributed by atoms with Gasteiger partial charge >= 0.3 is 11.9 Å². The van der Waals surface area contributed by atoms with Crippen molar-refractivity contribution in [1.82, 2.24) is 10.6 Å². The highest BCUT2D eigenvalue weighted by Gasteiger charge is 2.21. The number of esters is 1. The van der Waals surface area contributed by atoms with E-state index in [1.807, 2.05) is 13.8 Å². The zero-order chi connectivity index (χ0) is 18.7. The van der Waals surface area contributed by atoms with E-state index < -0.39 is 35.8 Å². The number of carboxylic acid groups (broad SMARTS) is 1. The summed E-state index contributed by atoms with van der Waals surface area (Å²) in [5.74, 6) is -2.68. The highest BCUT2D eigenvalue weighted by atomic mass is 32.1. The first kappa shape index (κ1) is 22.2. The standard InChI is InChI=1S/C14H25N3O6S/c1-8(2)6-23-12(19)5-16-13(20)10(7-24)17-11(18)4-3-9(15)14(21)22/h8-10,24H,3-7,15H2,1-2H3,(H,16,20)(H,17,18)(H,21,22). The van der Waals surface area contributed by atoms with Crippen molar-refractivity contribution >= 4 is 36.4 Å². The largest absolute Gasteiger partial charge is 0.480 e. The number of hydrogen-bond acceptors (Lipinski definition) is 7. The molecule has 0 saturated carbocycles. The minimum absolute atomic E-state index is 0.0175. The van der Waals surface area contributed by atoms with Crippen LogP contribution in [0.5, 0.6) is 0 Å². The first-order chi connectivity index (χ1) is 11.2. The van der Waals surface area contributed by atoms with Gasteiger partial charge < -0.3 is 26.2 Å². The number of carbonyl (C=O) groups excluding carboxylic acids is 3. The number of nitrogens with two attached hydrogens (primary N) is 1. The van der Waals surface area contributed by atoms with Crippen LogP contribution in [-0.4, -0.2) is 59.8 Å². The highest BCUT2D eigenvalue weighted by Crippen LogP contribution is 1.97. The number of nitrogens with one attached hydrogen (secondary N) is 2. The van der Waals surface area contributed by atoms with Crippen LogP contribution < -0.4 is 16.4 Å². The number of amides is 2. The Balaban J connectivity index is 4.22. The molecule has 138 valence electrons. The third kappa shape index (κ3) is 10.1. The first-order valence-corrected chi connectivity index (χ1v) is 8.12. The van der Waals surface area contributed by atoms with Crippen molar-refractivity contribution in [2.45, 2.75) is 38.8 Å². The lowest BCUT2D eigenvalue weighted by atomic mass is 10.1. The summed E-state index contributed by atoms with van der Waals surface area (Å²) in [5.41, 5.74) is 5.29. The van der Waals surface area contributed by atoms with Gasteiger partial charge in [-0.1, -0.05) is 13.8 Å². The molecule has 0 saturated heterocycles. The Kier molecular flexibility index (Phi) is 10.8. The number of thiol groups is 1. The van der Waals surface area contributed by atoms with E-state index in [4.69, 9.17) is 15.6 Å². The molecule has 0 heterocycles. The van der Waals surface area contributed by atoms with Crippen LogP contribution in [0, 0.1) is 5.92 Å². The summed E-state index contributed by atoms with van der Waals surface area (Å²) in [6, 6.07) is -2.09. The molecular formula is C14H25N3O6S. The maximum Gasteiger partial charge on any atom is 0.325 e. The molecule has 9 nitrogen and oxygen atoms in total. The third-order valence-corrected chi connectivity index (χ3v) is 3.18. The van der Waals surface area contributed by atoms with Crippen LogP contribution in [-0.2, 0) is 23.9 Å². The topological polar surface area (TPSA) is 148 Å². The van der Waals surface area contributed by atoms with E-state index in [9.17, 15) is 19.2 Å². The summed E-state index contributed by atoms with van der Waals surface area (Å²) in [6.07, 6.45) is -0.189. The predicted molar refractivity (Wildman–Crippen MR) is 89.4 cm³/mol. The number of hydrogen-bond donors (Lipinski definition) is 5. The average Bonchev–Trinajstić information content (AvgIpc) is 2.52. The molecule has 0 aliphatic rings. The Hall–Kier alpha value is -1.81. The van der Waals surface area contributed by atoms with Gasteiger partial charge in [-0.25, -0.2) is 0 Å². The Morgan fingerprint density at radius 1 is 1.25 bits per heavy atom. The zero-order valence-electron chi connectivity index (χ0n) is 13.8. The fourth-order valence-corrected chi connectivity index (χ4v) is 1.72. The van der Waals surface area contributed by atoms with Crippen LogP contribution in [0.25, 0.3) is 0 Å². The average molecular weight is 363 g/mol. The Labute approximate surface area is 146 Å². The van der Waals surface area contributed by atoms with Gasteiger partial charge in [-0.3, -0.25) is 19.2 Å². The number of rotatable bonds is 11. The quantitative estimate of drug-likeness (QED) is 0.231. The molecule has 0 spiro atoms. The van der Waals surface area contributed by atoms with E-state index >= 15 is 0 Å². The second-order valence-corrected chi connectivity index (χ2v) is 5.95. The van der Waals surface area contributed by atoms with E-state index in [1.165, 1.54) is 0 Å². The lowest BCUT2D eigenvalue weighted by molar-refractivity contribution is -0.145. The van der Waals surface area contributed by atoms with Crippen LogP contribution in [0.4, 0.5) is 0 Å². The van der Waals surface area contributed by atoms with Crippen LogP contribution in [0.2, 0.25) is 0 Å². The van der Waals surface area contributed by atoms with Gasteiger partial charge in [0.2, 0.25) is 11.8 Å². The van der Waals surface area contributed by atoms with Crippen molar-refractivity contribution < 1.29 is 29.0 Å². The second kappa shape index (κ2) is 11.7. The lowest BCUT2D eigenvalue weighted by Crippen LogP contribution is -2.49. The molecule has 2 atom stereocenters. The van der Waals surface area contributed by atoms with Crippen molar-refractivity contribution in [1.29, 1.82) is 0 Å². The molecule has 24 heavy (non-hydrogen) atoms. The summed E-state index contributed by atoms with van der Waals surface area (Å²) in [5, 5.41) is 13.4. The molecule has 0 bridgehead atoms. The van der Waals surface area contributed by atoms with E-state index in [0.717, 1.165) is 0 Å². The minimum atomic E-state index is -1.20. The maximum absolute atomic E-state index is 11.9. The van der Waals surface area contributed by atoms with Crippen molar-refractivity contribution in [2.24, 2.45) is 11.7 Å². The van der Waals surface area contributed by atoms with Gasteiger partial charge in [-0.05, 0) is 12.3 Å². The van der Waals surface area contributed by atoms with Gasteiger partial charge in [-0.15, -0.1) is 0 Å². The van der Waals surface area contributed by atoms with Gasteiger partial charge in [0.15, 0.2) is 0 Å². The van der Waals surface area contributed by atoms with Gasteiger partial charge in [0, 0.05) is 12.2 Å². The third-order valence-electron chi connectivity index (χ3n) is 2.82. The van der Waals surface area contributed by atoms with Crippen molar-refractivity contribution in [3.05, 3.63) is 0 Å². The highest BCUT2D eigenvalue weighted by molar-refractivity contribution is 7.80. The summed E-state index contributed by atoms with van der Waals surface area (Å²) in [7, 11) is 0. The molecule has 5 N–H and O–H groups in total. The Morgan fingerprint density at radius 2 is 1.88 bits per heavy atom. The van der Waals surface area contributed by atoms with Gasteiger partial charge in [-0.2, -0.15) is 12.6 Å². The monoisotopic (exact) mass is 363 g/mol. The molecule has 0 aromatic carbocycles. The van der Waals surface area contributed by atoms with Crippen LogP contribution >= 0.6 is 12.6 Å². The van der Waals surface area contributed by atoms with Gasteiger partial charge in [0.1, 0.15) is 18.6 Å². The molecule has 0 rings (SSSR count). The molecule has 2 amide bonds. The number of ether oxygens (including phenoxy) is 1. The molecule has 10 heteroatoms. The number of carbonyl (C=O) groups is 4. The Morgan fingerprint density at radius 3 is 2.38 bits per heavy atom. The molecule has 0 aromatic rings. The molecule has 0 aliphatic carbocycles. The molecule has 2 unspecified atom stereocenters. The fourth-order valence-electron chi connectivity index (χ4n) is 1.46. The normalized spacial score (nSPS) is 13.0. The van der Waals surface area contributed by atoms with E-state index in [0.29, 0.717) is 0 Å². The predicted octanol–water partition coefficient (Wildman–Crippen LogP) is -1.09. The lowest BCUT2D eigenvalue weighted by Gasteiger charge is -2.16. The zero-order valence-corrected chi connectivity index (χ0v) is 14.7. The van der Waals surface area contributed by atoms with E-state index in [2.05, 4.69) is 23.3 Å². The van der Waals surface area contributed by atoms with Crippen molar-refractivity contribution in [3.63, 3.8) is 0 Å². The molecule has 0 aliphatic heterocycles. The summed E-state index contributed by atoms with van der Waals surface area (Å²) in [6.45, 7) is 3.71. The molecular weight excluding hydrogens is 338 g/mol. The first-order valence-electron chi connectivity index (χ1n) is 7.49.